The summed E-state index contributed by atoms with van der Waals surface area (Å²) in [5.74, 6) is 2.15. The molecule has 0 aliphatic heterocycles. The summed E-state index contributed by atoms with van der Waals surface area (Å²) in [6.07, 6.45) is 0. The highest BCUT2D eigenvalue weighted by molar-refractivity contribution is 7.98. The Morgan fingerprint density at radius 1 is 1.12 bits per heavy atom. The molecular weight excluding hydrogens is 340 g/mol. The predicted octanol–water partition coefficient (Wildman–Crippen LogP) is 1.66. The first kappa shape index (κ1) is 17.3. The Morgan fingerprint density at radius 3 is 2.60 bits per heavy atom. The third kappa shape index (κ3) is 3.09. The summed E-state index contributed by atoms with van der Waals surface area (Å²) < 4.78 is 9.78. The van der Waals surface area contributed by atoms with Gasteiger partial charge in [0.15, 0.2) is 11.2 Å². The first-order chi connectivity index (χ1) is 11.9. The van der Waals surface area contributed by atoms with Crippen LogP contribution in [0.1, 0.15) is 12.7 Å². The Morgan fingerprint density at radius 2 is 1.88 bits per heavy atom. The van der Waals surface area contributed by atoms with E-state index in [0.717, 1.165) is 21.0 Å². The molecule has 0 unspecified atom stereocenters. The van der Waals surface area contributed by atoms with Gasteiger partial charge in [0, 0.05) is 26.0 Å². The van der Waals surface area contributed by atoms with Crippen molar-refractivity contribution in [1.82, 2.24) is 18.7 Å². The summed E-state index contributed by atoms with van der Waals surface area (Å²) in [5.41, 5.74) is 0.138. The van der Waals surface area contributed by atoms with E-state index >= 15 is 0 Å². The van der Waals surface area contributed by atoms with Crippen molar-refractivity contribution < 1.29 is 4.74 Å². The minimum atomic E-state index is -0.376. The fourth-order valence-electron chi connectivity index (χ4n) is 2.66. The van der Waals surface area contributed by atoms with E-state index in [2.05, 4.69) is 4.98 Å². The van der Waals surface area contributed by atoms with Crippen LogP contribution in [0.3, 0.4) is 0 Å². The molecule has 3 aromatic rings. The Hall–Kier alpha value is -2.48. The molecule has 0 spiro atoms. The molecule has 8 heteroatoms. The van der Waals surface area contributed by atoms with Gasteiger partial charge in [-0.3, -0.25) is 13.9 Å². The minimum absolute atomic E-state index is 0.331. The van der Waals surface area contributed by atoms with E-state index in [0.29, 0.717) is 23.5 Å². The highest BCUT2D eigenvalue weighted by Gasteiger charge is 2.16. The Bertz CT molecular complexity index is 1050. The van der Waals surface area contributed by atoms with Crippen LogP contribution in [0.15, 0.2) is 38.8 Å². The van der Waals surface area contributed by atoms with Crippen LogP contribution in [0.25, 0.3) is 11.2 Å². The Balaban J connectivity index is 1.95. The van der Waals surface area contributed by atoms with Crippen molar-refractivity contribution >= 4 is 22.9 Å². The molecule has 0 saturated carbocycles. The lowest BCUT2D eigenvalue weighted by Crippen LogP contribution is -2.37. The van der Waals surface area contributed by atoms with Gasteiger partial charge in [-0.15, -0.1) is 11.8 Å². The molecule has 0 radical (unpaired) electrons. The van der Waals surface area contributed by atoms with Gasteiger partial charge in [0.2, 0.25) is 0 Å². The molecule has 1 aromatic carbocycles. The van der Waals surface area contributed by atoms with Gasteiger partial charge in [-0.05, 0) is 25.1 Å². The first-order valence-electron chi connectivity index (χ1n) is 7.91. The fraction of sp³-hybridized carbons (Fsp3) is 0.353. The zero-order valence-electron chi connectivity index (χ0n) is 14.6. The molecule has 2 heterocycles. The molecule has 0 aliphatic rings. The summed E-state index contributed by atoms with van der Waals surface area (Å²) in [7, 11) is 4.90. The van der Waals surface area contributed by atoms with Crippen molar-refractivity contribution in [2.45, 2.75) is 17.6 Å². The van der Waals surface area contributed by atoms with Gasteiger partial charge in [0.25, 0.3) is 5.56 Å². The van der Waals surface area contributed by atoms with Crippen molar-refractivity contribution in [2.75, 3.05) is 6.61 Å². The second-order valence-electron chi connectivity index (χ2n) is 5.66. The second-order valence-corrected chi connectivity index (χ2v) is 6.71. The number of thioether (sulfide) groups is 1. The minimum Gasteiger partial charge on any atom is -0.494 e. The molecule has 0 atom stereocenters. The van der Waals surface area contributed by atoms with Gasteiger partial charge in [-0.25, -0.2) is 9.78 Å². The van der Waals surface area contributed by atoms with Gasteiger partial charge in [-0.2, -0.15) is 0 Å². The zero-order valence-corrected chi connectivity index (χ0v) is 15.5. The SMILES string of the molecule is CCOc1cccc(SCc2nc3c(c(=O)n(C)c(=O)n3C)n2C)c1. The molecule has 0 fully saturated rings. The van der Waals surface area contributed by atoms with Crippen LogP contribution in [0.2, 0.25) is 0 Å². The first-order valence-corrected chi connectivity index (χ1v) is 8.89. The number of fused-ring (bicyclic) bond motifs is 1. The third-order valence-electron chi connectivity index (χ3n) is 4.05. The maximum atomic E-state index is 12.4. The summed E-state index contributed by atoms with van der Waals surface area (Å²) in [6.45, 7) is 2.57. The zero-order chi connectivity index (χ0) is 18.1. The van der Waals surface area contributed by atoms with Crippen molar-refractivity contribution in [1.29, 1.82) is 0 Å². The number of imidazole rings is 1. The Labute approximate surface area is 148 Å². The van der Waals surface area contributed by atoms with E-state index in [1.165, 1.54) is 11.6 Å². The lowest BCUT2D eigenvalue weighted by atomic mass is 10.3. The van der Waals surface area contributed by atoms with Gasteiger partial charge < -0.3 is 9.30 Å². The molecule has 0 saturated heterocycles. The number of aromatic nitrogens is 4. The standard InChI is InChI=1S/C17H20N4O3S/c1-5-24-11-7-6-8-12(9-11)25-10-13-18-15-14(19(13)2)16(22)21(4)17(23)20(15)3/h6-9H,5,10H2,1-4H3. The molecule has 25 heavy (non-hydrogen) atoms. The number of aryl methyl sites for hydroxylation is 2. The molecule has 2 aromatic heterocycles. The van der Waals surface area contributed by atoms with Crippen LogP contribution < -0.4 is 16.0 Å². The average molecular weight is 360 g/mol. The Kier molecular flexibility index (Phi) is 4.71. The summed E-state index contributed by atoms with van der Waals surface area (Å²) in [4.78, 5) is 30.0. The van der Waals surface area contributed by atoms with Crippen LogP contribution in [0.5, 0.6) is 5.75 Å². The molecule has 132 valence electrons. The average Bonchev–Trinajstić information content (AvgIpc) is 2.94. The highest BCUT2D eigenvalue weighted by atomic mass is 32.2. The largest absolute Gasteiger partial charge is 0.494 e. The van der Waals surface area contributed by atoms with Crippen LogP contribution in [0, 0.1) is 0 Å². The smallest absolute Gasteiger partial charge is 0.332 e. The number of rotatable bonds is 5. The van der Waals surface area contributed by atoms with E-state index in [1.54, 1.807) is 30.4 Å². The van der Waals surface area contributed by atoms with E-state index in [-0.39, 0.29) is 11.2 Å². The van der Waals surface area contributed by atoms with Crippen molar-refractivity contribution in [2.24, 2.45) is 21.1 Å². The van der Waals surface area contributed by atoms with Gasteiger partial charge in [-0.1, -0.05) is 6.07 Å². The molecular formula is C17H20N4O3S. The number of benzene rings is 1. The van der Waals surface area contributed by atoms with Crippen LogP contribution in [-0.4, -0.2) is 25.3 Å². The number of ether oxygens (including phenoxy) is 1. The molecule has 0 N–H and O–H groups in total. The molecule has 0 aliphatic carbocycles. The highest BCUT2D eigenvalue weighted by Crippen LogP contribution is 2.26. The van der Waals surface area contributed by atoms with E-state index in [4.69, 9.17) is 4.74 Å². The number of hydrogen-bond donors (Lipinski definition) is 0. The van der Waals surface area contributed by atoms with E-state index < -0.39 is 0 Å². The van der Waals surface area contributed by atoms with E-state index in [9.17, 15) is 9.59 Å². The predicted molar refractivity (Wildman–Crippen MR) is 98.4 cm³/mol. The monoisotopic (exact) mass is 360 g/mol. The summed E-state index contributed by atoms with van der Waals surface area (Å²) in [5, 5.41) is 0. The van der Waals surface area contributed by atoms with Crippen molar-refractivity contribution in [3.63, 3.8) is 0 Å². The quantitative estimate of drug-likeness (QED) is 0.647. The van der Waals surface area contributed by atoms with Crippen LogP contribution in [0.4, 0.5) is 0 Å². The van der Waals surface area contributed by atoms with Gasteiger partial charge >= 0.3 is 5.69 Å². The maximum absolute atomic E-state index is 12.4. The van der Waals surface area contributed by atoms with Crippen LogP contribution >= 0.6 is 11.8 Å². The topological polar surface area (TPSA) is 71.1 Å². The lowest BCUT2D eigenvalue weighted by molar-refractivity contribution is 0.339. The maximum Gasteiger partial charge on any atom is 0.332 e. The molecule has 3 rings (SSSR count). The molecule has 0 amide bonds. The van der Waals surface area contributed by atoms with Gasteiger partial charge in [0.05, 0.1) is 12.4 Å². The van der Waals surface area contributed by atoms with Gasteiger partial charge in [0.1, 0.15) is 11.6 Å². The molecule has 0 bridgehead atoms. The summed E-state index contributed by atoms with van der Waals surface area (Å²) >= 11 is 1.60. The lowest BCUT2D eigenvalue weighted by Gasteiger charge is -2.06. The van der Waals surface area contributed by atoms with Crippen LogP contribution in [-0.2, 0) is 26.9 Å². The van der Waals surface area contributed by atoms with Crippen molar-refractivity contribution in [3.8, 4) is 5.75 Å². The normalized spacial score (nSPS) is 11.2. The third-order valence-corrected chi connectivity index (χ3v) is 5.04. The van der Waals surface area contributed by atoms with Crippen molar-refractivity contribution in [3.05, 3.63) is 50.9 Å². The molecule has 7 nitrogen and oxygen atoms in total. The van der Waals surface area contributed by atoms with E-state index in [1.807, 2.05) is 31.2 Å². The number of nitrogens with zero attached hydrogens (tertiary/aromatic N) is 4. The number of hydrogen-bond acceptors (Lipinski definition) is 5. The second kappa shape index (κ2) is 6.79. The summed E-state index contributed by atoms with van der Waals surface area (Å²) in [6, 6.07) is 7.85. The fourth-order valence-corrected chi connectivity index (χ4v) is 3.59.